The van der Waals surface area contributed by atoms with Gasteiger partial charge in [0.2, 0.25) is 0 Å². The third kappa shape index (κ3) is 5.61. The van der Waals surface area contributed by atoms with Crippen molar-refractivity contribution < 1.29 is 19.5 Å². The number of carboxylic acids is 1. The minimum Gasteiger partial charge on any atom is -0.480 e. The summed E-state index contributed by atoms with van der Waals surface area (Å²) in [5, 5.41) is 20.3. The van der Waals surface area contributed by atoms with Crippen LogP contribution in [0.2, 0.25) is 0 Å². The van der Waals surface area contributed by atoms with Gasteiger partial charge in [-0.05, 0) is 80.5 Å². The van der Waals surface area contributed by atoms with Gasteiger partial charge >= 0.3 is 12.0 Å². The second kappa shape index (κ2) is 10.6. The standard InChI is InChI=1S/C30H35N3O4/c1-18-14-19(2)26(20(3)15-18)32-29(37)31-25-17-22-11-9-8-10-21(22)16-24(25)27(34)33-30(4,28(35)36)23-12-6-5-7-13-23/h8-11,14-17,23H,5-7,12-13H2,1-4H3,(H,33,34)(H,35,36)(H2,31,32,37)/t30-/m0/s1. The molecule has 1 atom stereocenters. The van der Waals surface area contributed by atoms with Crippen molar-refractivity contribution in [1.29, 1.82) is 0 Å². The average molecular weight is 502 g/mol. The summed E-state index contributed by atoms with van der Waals surface area (Å²) in [6, 6.07) is 14.5. The molecule has 4 N–H and O–H groups in total. The first kappa shape index (κ1) is 26.2. The third-order valence-corrected chi connectivity index (χ3v) is 7.53. The molecule has 3 amide bonds. The van der Waals surface area contributed by atoms with Crippen molar-refractivity contribution >= 4 is 40.1 Å². The molecule has 0 heterocycles. The molecule has 7 heteroatoms. The van der Waals surface area contributed by atoms with Crippen LogP contribution >= 0.6 is 0 Å². The van der Waals surface area contributed by atoms with Crippen molar-refractivity contribution in [2.45, 2.75) is 65.3 Å². The topological polar surface area (TPSA) is 108 Å². The Morgan fingerprint density at radius 3 is 2.05 bits per heavy atom. The number of carbonyl (C=O) groups is 3. The molecule has 7 nitrogen and oxygen atoms in total. The molecular formula is C30H35N3O4. The SMILES string of the molecule is Cc1cc(C)c(NC(=O)Nc2cc3ccccc3cc2C(=O)N[C@](C)(C(=O)O)C2CCCCC2)c(C)c1. The summed E-state index contributed by atoms with van der Waals surface area (Å²) in [5.41, 5.74) is 2.82. The number of urea groups is 1. The minimum absolute atomic E-state index is 0.157. The lowest BCUT2D eigenvalue weighted by atomic mass is 9.75. The van der Waals surface area contributed by atoms with E-state index in [-0.39, 0.29) is 11.5 Å². The van der Waals surface area contributed by atoms with Gasteiger partial charge in [-0.2, -0.15) is 0 Å². The zero-order valence-electron chi connectivity index (χ0n) is 21.9. The summed E-state index contributed by atoms with van der Waals surface area (Å²) in [7, 11) is 0. The lowest BCUT2D eigenvalue weighted by Crippen LogP contribution is -2.57. The van der Waals surface area contributed by atoms with Crippen LogP contribution in [0.1, 0.15) is 66.1 Å². The van der Waals surface area contributed by atoms with Gasteiger partial charge in [-0.25, -0.2) is 9.59 Å². The van der Waals surface area contributed by atoms with Crippen molar-refractivity contribution in [2.24, 2.45) is 5.92 Å². The van der Waals surface area contributed by atoms with Gasteiger partial charge in [0, 0.05) is 5.69 Å². The monoisotopic (exact) mass is 501 g/mol. The summed E-state index contributed by atoms with van der Waals surface area (Å²) in [5.74, 6) is -1.74. The minimum atomic E-state index is -1.40. The second-order valence-corrected chi connectivity index (χ2v) is 10.4. The molecule has 0 aromatic heterocycles. The first-order valence-electron chi connectivity index (χ1n) is 12.8. The van der Waals surface area contributed by atoms with Gasteiger partial charge in [-0.15, -0.1) is 0 Å². The summed E-state index contributed by atoms with van der Waals surface area (Å²) in [6.45, 7) is 7.46. The van der Waals surface area contributed by atoms with E-state index in [4.69, 9.17) is 0 Å². The van der Waals surface area contributed by atoms with E-state index in [2.05, 4.69) is 16.0 Å². The summed E-state index contributed by atoms with van der Waals surface area (Å²) < 4.78 is 0. The van der Waals surface area contributed by atoms with Crippen molar-refractivity contribution in [3.8, 4) is 0 Å². The number of benzene rings is 3. The number of rotatable bonds is 6. The van der Waals surface area contributed by atoms with Gasteiger partial charge in [0.05, 0.1) is 11.3 Å². The molecule has 0 bridgehead atoms. The van der Waals surface area contributed by atoms with E-state index >= 15 is 0 Å². The van der Waals surface area contributed by atoms with E-state index in [9.17, 15) is 19.5 Å². The average Bonchev–Trinajstić information content (AvgIpc) is 2.86. The first-order valence-corrected chi connectivity index (χ1v) is 12.8. The Bertz CT molecular complexity index is 1340. The van der Waals surface area contributed by atoms with Crippen molar-refractivity contribution in [3.05, 3.63) is 70.8 Å². The molecule has 1 fully saturated rings. The van der Waals surface area contributed by atoms with Crippen LogP contribution in [0.15, 0.2) is 48.5 Å². The van der Waals surface area contributed by atoms with Gasteiger partial charge < -0.3 is 21.1 Å². The molecular weight excluding hydrogens is 466 g/mol. The zero-order chi connectivity index (χ0) is 26.7. The predicted octanol–water partition coefficient (Wildman–Crippen LogP) is 6.56. The summed E-state index contributed by atoms with van der Waals surface area (Å²) in [4.78, 5) is 39.0. The van der Waals surface area contributed by atoms with E-state index < -0.39 is 23.4 Å². The fraction of sp³-hybridized carbons (Fsp3) is 0.367. The largest absolute Gasteiger partial charge is 0.480 e. The third-order valence-electron chi connectivity index (χ3n) is 7.53. The van der Waals surface area contributed by atoms with Gasteiger partial charge in [-0.1, -0.05) is 61.2 Å². The van der Waals surface area contributed by atoms with Crippen LogP contribution in [0.25, 0.3) is 10.8 Å². The van der Waals surface area contributed by atoms with E-state index in [1.54, 1.807) is 19.1 Å². The van der Waals surface area contributed by atoms with Crippen LogP contribution in [-0.2, 0) is 4.79 Å². The number of hydrogen-bond donors (Lipinski definition) is 4. The lowest BCUT2D eigenvalue weighted by molar-refractivity contribution is -0.146. The van der Waals surface area contributed by atoms with Crippen LogP contribution in [0.4, 0.5) is 16.2 Å². The smallest absolute Gasteiger partial charge is 0.329 e. The highest BCUT2D eigenvalue weighted by atomic mass is 16.4. The molecule has 1 saturated carbocycles. The van der Waals surface area contributed by atoms with Gasteiger partial charge in [0.15, 0.2) is 0 Å². The van der Waals surface area contributed by atoms with Gasteiger partial charge in [0.1, 0.15) is 5.54 Å². The number of carbonyl (C=O) groups excluding carboxylic acids is 2. The first-order chi connectivity index (χ1) is 17.6. The van der Waals surface area contributed by atoms with Crippen molar-refractivity contribution in [2.75, 3.05) is 10.6 Å². The maximum Gasteiger partial charge on any atom is 0.329 e. The van der Waals surface area contributed by atoms with Crippen LogP contribution in [-0.4, -0.2) is 28.6 Å². The Morgan fingerprint density at radius 2 is 1.46 bits per heavy atom. The van der Waals surface area contributed by atoms with Crippen molar-refractivity contribution in [1.82, 2.24) is 5.32 Å². The molecule has 0 aliphatic heterocycles. The number of fused-ring (bicyclic) bond motifs is 1. The van der Waals surface area contributed by atoms with E-state index in [1.807, 2.05) is 57.2 Å². The van der Waals surface area contributed by atoms with Gasteiger partial charge in [-0.3, -0.25) is 4.79 Å². The highest BCUT2D eigenvalue weighted by Gasteiger charge is 2.43. The summed E-state index contributed by atoms with van der Waals surface area (Å²) in [6.07, 6.45) is 4.48. The van der Waals surface area contributed by atoms with Crippen LogP contribution in [0, 0.1) is 26.7 Å². The Kier molecular flexibility index (Phi) is 7.52. The lowest BCUT2D eigenvalue weighted by Gasteiger charge is -2.37. The summed E-state index contributed by atoms with van der Waals surface area (Å²) >= 11 is 0. The highest BCUT2D eigenvalue weighted by molar-refractivity contribution is 6.10. The van der Waals surface area contributed by atoms with E-state index in [0.717, 1.165) is 59.6 Å². The maximum absolute atomic E-state index is 13.6. The van der Waals surface area contributed by atoms with Crippen molar-refractivity contribution in [3.63, 3.8) is 0 Å². The van der Waals surface area contributed by atoms with Crippen LogP contribution in [0.3, 0.4) is 0 Å². The Hall–Kier alpha value is -3.87. The molecule has 194 valence electrons. The molecule has 3 aromatic rings. The van der Waals surface area contributed by atoms with E-state index in [1.165, 1.54) is 0 Å². The predicted molar refractivity (Wildman–Crippen MR) is 147 cm³/mol. The molecule has 0 unspecified atom stereocenters. The molecule has 0 saturated heterocycles. The molecule has 3 aromatic carbocycles. The molecule has 1 aliphatic carbocycles. The zero-order valence-corrected chi connectivity index (χ0v) is 21.9. The van der Waals surface area contributed by atoms with Gasteiger partial charge in [0.25, 0.3) is 5.91 Å². The number of hydrogen-bond acceptors (Lipinski definition) is 3. The number of nitrogens with one attached hydrogen (secondary N) is 3. The number of anilines is 2. The Morgan fingerprint density at radius 1 is 0.865 bits per heavy atom. The fourth-order valence-corrected chi connectivity index (χ4v) is 5.49. The number of aryl methyl sites for hydroxylation is 3. The Balaban J connectivity index is 1.66. The quantitative estimate of drug-likeness (QED) is 0.307. The fourth-order valence-electron chi connectivity index (χ4n) is 5.49. The maximum atomic E-state index is 13.6. The number of amides is 3. The van der Waals surface area contributed by atoms with Crippen LogP contribution in [0.5, 0.6) is 0 Å². The van der Waals surface area contributed by atoms with Crippen LogP contribution < -0.4 is 16.0 Å². The second-order valence-electron chi connectivity index (χ2n) is 10.4. The molecule has 37 heavy (non-hydrogen) atoms. The molecule has 1 aliphatic rings. The number of aliphatic carboxylic acids is 1. The molecule has 0 spiro atoms. The number of carboxylic acid groups (broad SMARTS) is 1. The molecule has 4 rings (SSSR count). The van der Waals surface area contributed by atoms with E-state index in [0.29, 0.717) is 11.4 Å². The Labute approximate surface area is 217 Å². The highest BCUT2D eigenvalue weighted by Crippen LogP contribution is 2.34. The molecule has 0 radical (unpaired) electrons. The normalized spacial score (nSPS) is 15.6.